The van der Waals surface area contributed by atoms with Gasteiger partial charge in [-0.25, -0.2) is 9.97 Å². The Hall–Kier alpha value is -3.36. The summed E-state index contributed by atoms with van der Waals surface area (Å²) >= 11 is 6.40. The number of anilines is 1. The van der Waals surface area contributed by atoms with Gasteiger partial charge in [0, 0.05) is 16.5 Å². The van der Waals surface area contributed by atoms with E-state index in [1.807, 2.05) is 31.2 Å². The number of pyridine rings is 2. The Morgan fingerprint density at radius 1 is 1.12 bits per heavy atom. The van der Waals surface area contributed by atoms with E-state index in [1.165, 1.54) is 0 Å². The van der Waals surface area contributed by atoms with Gasteiger partial charge >= 0.3 is 0 Å². The first-order valence-electron chi connectivity index (χ1n) is 7.88. The van der Waals surface area contributed by atoms with Gasteiger partial charge in [0.2, 0.25) is 0 Å². The van der Waals surface area contributed by atoms with Gasteiger partial charge in [-0.05, 0) is 43.3 Å². The van der Waals surface area contributed by atoms with Crippen LogP contribution in [-0.2, 0) is 0 Å². The second kappa shape index (κ2) is 6.17. The number of nitrogens with zero attached hydrogens (tertiary/aromatic N) is 3. The Bertz CT molecular complexity index is 1180. The molecule has 1 aromatic carbocycles. The zero-order valence-electron chi connectivity index (χ0n) is 13.8. The van der Waals surface area contributed by atoms with Crippen LogP contribution >= 0.6 is 11.6 Å². The van der Waals surface area contributed by atoms with E-state index in [9.17, 15) is 5.26 Å². The van der Waals surface area contributed by atoms with Gasteiger partial charge in [-0.1, -0.05) is 23.2 Å². The minimum atomic E-state index is 0.122. The van der Waals surface area contributed by atoms with Crippen LogP contribution in [0.1, 0.15) is 11.1 Å². The highest BCUT2D eigenvalue weighted by atomic mass is 35.5. The van der Waals surface area contributed by atoms with Gasteiger partial charge in [0.15, 0.2) is 0 Å². The third-order valence-corrected chi connectivity index (χ3v) is 4.43. The molecule has 0 aliphatic heterocycles. The summed E-state index contributed by atoms with van der Waals surface area (Å²) in [7, 11) is 0. The van der Waals surface area contributed by atoms with Crippen molar-refractivity contribution in [2.24, 2.45) is 0 Å². The Morgan fingerprint density at radius 2 is 1.96 bits per heavy atom. The fraction of sp³-hybridized carbons (Fsp3) is 0.0500. The normalized spacial score (nSPS) is 10.8. The number of fused-ring (bicyclic) bond motifs is 1. The fourth-order valence-corrected chi connectivity index (χ4v) is 3.14. The molecule has 3 aromatic heterocycles. The molecular weight excluding hydrogens is 348 g/mol. The number of benzene rings is 1. The molecular formula is C20H13ClN4O. The van der Waals surface area contributed by atoms with E-state index in [2.05, 4.69) is 16.0 Å². The van der Waals surface area contributed by atoms with Crippen LogP contribution in [0.2, 0.25) is 5.15 Å². The van der Waals surface area contributed by atoms with E-state index in [0.29, 0.717) is 27.7 Å². The first kappa shape index (κ1) is 16.1. The largest absolute Gasteiger partial charge is 0.464 e. The molecule has 0 fully saturated rings. The summed E-state index contributed by atoms with van der Waals surface area (Å²) in [6.45, 7) is 2.01. The van der Waals surface area contributed by atoms with Crippen molar-refractivity contribution in [1.82, 2.24) is 9.97 Å². The quantitative estimate of drug-likeness (QED) is 0.509. The second-order valence-corrected chi connectivity index (χ2v) is 6.29. The predicted molar refractivity (Wildman–Crippen MR) is 102 cm³/mol. The summed E-state index contributed by atoms with van der Waals surface area (Å²) in [6, 6.07) is 15.2. The minimum Gasteiger partial charge on any atom is -0.464 e. The molecule has 126 valence electrons. The molecule has 2 N–H and O–H groups in total. The zero-order valence-corrected chi connectivity index (χ0v) is 14.6. The maximum absolute atomic E-state index is 9.44. The van der Waals surface area contributed by atoms with Gasteiger partial charge in [0.1, 0.15) is 28.4 Å². The lowest BCUT2D eigenvalue weighted by Gasteiger charge is -2.10. The zero-order chi connectivity index (χ0) is 18.3. The Kier molecular flexibility index (Phi) is 3.83. The van der Waals surface area contributed by atoms with Crippen molar-refractivity contribution < 1.29 is 4.42 Å². The molecule has 0 atom stereocenters. The van der Waals surface area contributed by atoms with E-state index in [0.717, 1.165) is 16.5 Å². The van der Waals surface area contributed by atoms with Crippen LogP contribution < -0.4 is 5.73 Å². The maximum atomic E-state index is 9.44. The number of halogens is 1. The summed E-state index contributed by atoms with van der Waals surface area (Å²) in [4.78, 5) is 8.82. The number of rotatable bonds is 2. The van der Waals surface area contributed by atoms with Crippen LogP contribution in [0, 0.1) is 18.3 Å². The van der Waals surface area contributed by atoms with E-state index in [4.69, 9.17) is 21.8 Å². The van der Waals surface area contributed by atoms with Crippen LogP contribution in [0.5, 0.6) is 0 Å². The van der Waals surface area contributed by atoms with E-state index >= 15 is 0 Å². The fourth-order valence-electron chi connectivity index (χ4n) is 2.90. The minimum absolute atomic E-state index is 0.122. The molecule has 0 radical (unpaired) electrons. The first-order chi connectivity index (χ1) is 12.6. The Morgan fingerprint density at radius 3 is 2.69 bits per heavy atom. The number of hydrogen-bond acceptors (Lipinski definition) is 5. The number of aromatic nitrogens is 2. The third-order valence-electron chi connectivity index (χ3n) is 4.15. The van der Waals surface area contributed by atoms with Gasteiger partial charge < -0.3 is 10.2 Å². The number of aryl methyl sites for hydroxylation is 1. The predicted octanol–water partition coefficient (Wildman–Crippen LogP) is 4.97. The topological polar surface area (TPSA) is 88.7 Å². The summed E-state index contributed by atoms with van der Waals surface area (Å²) < 4.78 is 5.44. The van der Waals surface area contributed by atoms with Crippen LogP contribution in [-0.4, -0.2) is 9.97 Å². The third kappa shape index (κ3) is 2.67. The maximum Gasteiger partial charge on any atom is 0.142 e. The molecule has 5 nitrogen and oxygen atoms in total. The highest BCUT2D eigenvalue weighted by molar-refractivity contribution is 6.32. The molecule has 0 saturated heterocycles. The van der Waals surface area contributed by atoms with Crippen molar-refractivity contribution in [1.29, 1.82) is 5.26 Å². The van der Waals surface area contributed by atoms with Crippen molar-refractivity contribution in [2.75, 3.05) is 5.73 Å². The molecule has 0 spiro atoms. The van der Waals surface area contributed by atoms with Crippen molar-refractivity contribution in [3.8, 4) is 28.7 Å². The van der Waals surface area contributed by atoms with Gasteiger partial charge in [-0.15, -0.1) is 0 Å². The van der Waals surface area contributed by atoms with Crippen molar-refractivity contribution in [2.45, 2.75) is 6.92 Å². The molecule has 0 unspecified atom stereocenters. The Balaban J connectivity index is 1.98. The van der Waals surface area contributed by atoms with E-state index in [1.54, 1.807) is 24.5 Å². The van der Waals surface area contributed by atoms with Crippen LogP contribution in [0.15, 0.2) is 53.1 Å². The molecule has 0 bridgehead atoms. The lowest BCUT2D eigenvalue weighted by Crippen LogP contribution is -2.00. The number of hydrogen-bond donors (Lipinski definition) is 1. The monoisotopic (exact) mass is 360 g/mol. The standard InChI is InChI=1S/C20H13ClN4O/c1-11-4-5-16-12(7-11)8-14(19(21)24-16)17-9-13(18-3-2-6-26-18)15(10-22)20(23)25-17/h2-9H,1H3,(H2,23,25). The van der Waals surface area contributed by atoms with Crippen molar-refractivity contribution >= 4 is 28.3 Å². The molecule has 0 aliphatic carbocycles. The first-order valence-corrected chi connectivity index (χ1v) is 8.26. The molecule has 0 aliphatic rings. The van der Waals surface area contributed by atoms with E-state index < -0.39 is 0 Å². The lowest BCUT2D eigenvalue weighted by atomic mass is 10.0. The van der Waals surface area contributed by atoms with Gasteiger partial charge in [-0.2, -0.15) is 5.26 Å². The second-order valence-electron chi connectivity index (χ2n) is 5.93. The highest BCUT2D eigenvalue weighted by Crippen LogP contribution is 2.35. The summed E-state index contributed by atoms with van der Waals surface area (Å²) in [5.41, 5.74) is 9.97. The van der Waals surface area contributed by atoms with Crippen LogP contribution in [0.4, 0.5) is 5.82 Å². The SMILES string of the molecule is Cc1ccc2nc(Cl)c(-c3cc(-c4ccco4)c(C#N)c(N)n3)cc2c1. The molecule has 4 rings (SSSR count). The van der Waals surface area contributed by atoms with Crippen LogP contribution in [0.25, 0.3) is 33.5 Å². The van der Waals surface area contributed by atoms with Crippen molar-refractivity contribution in [3.05, 3.63) is 65.0 Å². The smallest absolute Gasteiger partial charge is 0.142 e. The van der Waals surface area contributed by atoms with Gasteiger partial charge in [0.05, 0.1) is 17.5 Å². The van der Waals surface area contributed by atoms with Crippen LogP contribution in [0.3, 0.4) is 0 Å². The summed E-state index contributed by atoms with van der Waals surface area (Å²) in [5.74, 6) is 0.662. The van der Waals surface area contributed by atoms with Gasteiger partial charge in [-0.3, -0.25) is 0 Å². The summed E-state index contributed by atoms with van der Waals surface area (Å²) in [5, 5.41) is 10.7. The van der Waals surface area contributed by atoms with E-state index in [-0.39, 0.29) is 11.4 Å². The Labute approximate surface area is 154 Å². The number of furan rings is 1. The molecule has 0 saturated carbocycles. The average molecular weight is 361 g/mol. The summed E-state index contributed by atoms with van der Waals surface area (Å²) in [6.07, 6.45) is 1.54. The average Bonchev–Trinajstić information content (AvgIpc) is 3.15. The molecule has 0 amide bonds. The number of nitrogens with two attached hydrogens (primary N) is 1. The molecule has 26 heavy (non-hydrogen) atoms. The highest BCUT2D eigenvalue weighted by Gasteiger charge is 2.17. The lowest BCUT2D eigenvalue weighted by molar-refractivity contribution is 0.582. The number of nitrogen functional groups attached to an aromatic ring is 1. The van der Waals surface area contributed by atoms with Gasteiger partial charge in [0.25, 0.3) is 0 Å². The van der Waals surface area contributed by atoms with Crippen molar-refractivity contribution in [3.63, 3.8) is 0 Å². The number of nitriles is 1. The molecule has 3 heterocycles. The molecule has 6 heteroatoms. The molecule has 4 aromatic rings.